The summed E-state index contributed by atoms with van der Waals surface area (Å²) in [5.74, 6) is 0. The Hall–Kier alpha value is -2.09. The van der Waals surface area contributed by atoms with Gasteiger partial charge in [0.05, 0.1) is 6.04 Å². The molecular formula is C21H25ClN2O4S. The third kappa shape index (κ3) is 5.29. The third-order valence-electron chi connectivity index (χ3n) is 4.94. The number of amidine groups is 1. The second kappa shape index (κ2) is 8.73. The van der Waals surface area contributed by atoms with Crippen LogP contribution in [0.1, 0.15) is 37.4 Å². The van der Waals surface area contributed by atoms with Crippen molar-refractivity contribution >= 4 is 27.6 Å². The average Bonchev–Trinajstić information content (AvgIpc) is 2.65. The normalized spacial score (nSPS) is 21.0. The largest absolute Gasteiger partial charge is 0.457 e. The van der Waals surface area contributed by atoms with Gasteiger partial charge in [0.15, 0.2) is 0 Å². The number of hydrogen-bond donors (Lipinski definition) is 2. The summed E-state index contributed by atoms with van der Waals surface area (Å²) < 4.78 is 35.8. The molecule has 2 aromatic carbocycles. The predicted molar refractivity (Wildman–Crippen MR) is 114 cm³/mol. The van der Waals surface area contributed by atoms with Crippen LogP contribution in [-0.4, -0.2) is 37.0 Å². The molecule has 1 aliphatic rings. The number of ether oxygens (including phenoxy) is 1. The van der Waals surface area contributed by atoms with Gasteiger partial charge in [-0.1, -0.05) is 54.1 Å². The molecule has 0 bridgehead atoms. The number of hydrogen-bond acceptors (Lipinski definition) is 5. The molecule has 2 aromatic rings. The zero-order valence-corrected chi connectivity index (χ0v) is 17.9. The van der Waals surface area contributed by atoms with Crippen molar-refractivity contribution in [3.63, 3.8) is 0 Å². The van der Waals surface area contributed by atoms with Crippen LogP contribution in [-0.2, 0) is 21.2 Å². The minimum Gasteiger partial charge on any atom is -0.457 e. The third-order valence-corrected chi connectivity index (χ3v) is 7.04. The maximum absolute atomic E-state index is 13.0. The Kier molecular flexibility index (Phi) is 6.51. The first-order valence-electron chi connectivity index (χ1n) is 9.41. The molecule has 2 N–H and O–H groups in total. The zero-order chi connectivity index (χ0) is 21.1. The van der Waals surface area contributed by atoms with E-state index >= 15 is 0 Å². The van der Waals surface area contributed by atoms with Gasteiger partial charge in [0.25, 0.3) is 10.0 Å². The second-order valence-electron chi connectivity index (χ2n) is 7.56. The Morgan fingerprint density at radius 1 is 1.21 bits per heavy atom. The molecule has 29 heavy (non-hydrogen) atoms. The minimum absolute atomic E-state index is 0.0715. The lowest BCUT2D eigenvalue weighted by Crippen LogP contribution is -2.53. The van der Waals surface area contributed by atoms with Crippen molar-refractivity contribution in [1.82, 2.24) is 5.32 Å². The van der Waals surface area contributed by atoms with Crippen LogP contribution < -0.4 is 5.32 Å². The molecule has 0 aliphatic carbocycles. The molecule has 0 radical (unpaired) electrons. The first kappa shape index (κ1) is 21.6. The molecule has 0 saturated heterocycles. The highest BCUT2D eigenvalue weighted by atomic mass is 35.5. The van der Waals surface area contributed by atoms with Crippen LogP contribution in [0.5, 0.6) is 0 Å². The monoisotopic (exact) mass is 436 g/mol. The van der Waals surface area contributed by atoms with Gasteiger partial charge in [-0.05, 0) is 49.9 Å². The molecule has 156 valence electrons. The van der Waals surface area contributed by atoms with E-state index in [1.54, 1.807) is 32.0 Å². The molecular weight excluding hydrogens is 412 g/mol. The van der Waals surface area contributed by atoms with E-state index in [1.165, 1.54) is 0 Å². The summed E-state index contributed by atoms with van der Waals surface area (Å²) in [6.45, 7) is 3.40. The van der Waals surface area contributed by atoms with E-state index in [4.69, 9.17) is 16.3 Å². The molecule has 1 unspecified atom stereocenters. The lowest BCUT2D eigenvalue weighted by molar-refractivity contribution is 0.0760. The molecule has 0 spiro atoms. The SMILES string of the molecule is CC1(C)OC(N[C@@H](CCO)c2cccc(Cl)c2)=NS(=O)(=O)C1Cc1ccccc1. The van der Waals surface area contributed by atoms with E-state index in [9.17, 15) is 13.5 Å². The van der Waals surface area contributed by atoms with Crippen molar-refractivity contribution in [2.75, 3.05) is 6.61 Å². The fourth-order valence-electron chi connectivity index (χ4n) is 3.43. The number of aliphatic hydroxyl groups is 1. The number of sulfonamides is 1. The van der Waals surface area contributed by atoms with Gasteiger partial charge in [0.2, 0.25) is 0 Å². The predicted octanol–water partition coefficient (Wildman–Crippen LogP) is 3.46. The average molecular weight is 437 g/mol. The number of rotatable bonds is 6. The molecule has 0 fully saturated rings. The Morgan fingerprint density at radius 2 is 1.93 bits per heavy atom. The van der Waals surface area contributed by atoms with Gasteiger partial charge >= 0.3 is 6.02 Å². The molecule has 8 heteroatoms. The first-order valence-corrected chi connectivity index (χ1v) is 11.3. The maximum atomic E-state index is 13.0. The molecule has 0 aromatic heterocycles. The summed E-state index contributed by atoms with van der Waals surface area (Å²) in [4.78, 5) is 0. The number of nitrogens with zero attached hydrogens (tertiary/aromatic N) is 1. The topological polar surface area (TPSA) is 88.0 Å². The number of aliphatic hydroxyl groups excluding tert-OH is 1. The first-order chi connectivity index (χ1) is 13.7. The Bertz CT molecular complexity index is 977. The van der Waals surface area contributed by atoms with Gasteiger partial charge in [-0.3, -0.25) is 0 Å². The quantitative estimate of drug-likeness (QED) is 0.724. The van der Waals surface area contributed by atoms with Crippen molar-refractivity contribution in [3.8, 4) is 0 Å². The van der Waals surface area contributed by atoms with Crippen LogP contribution in [0.4, 0.5) is 0 Å². The van der Waals surface area contributed by atoms with Crippen molar-refractivity contribution in [1.29, 1.82) is 0 Å². The second-order valence-corrected chi connectivity index (χ2v) is 9.78. The highest BCUT2D eigenvalue weighted by Crippen LogP contribution is 2.31. The summed E-state index contributed by atoms with van der Waals surface area (Å²) in [5, 5.41) is 12.2. The zero-order valence-electron chi connectivity index (χ0n) is 16.4. The molecule has 1 heterocycles. The molecule has 0 amide bonds. The molecule has 3 rings (SSSR count). The molecule has 0 saturated carbocycles. The van der Waals surface area contributed by atoms with Crippen molar-refractivity contribution in [2.24, 2.45) is 4.40 Å². The minimum atomic E-state index is -3.82. The summed E-state index contributed by atoms with van der Waals surface area (Å²) in [6, 6.07) is 16.1. The lowest BCUT2D eigenvalue weighted by Gasteiger charge is -2.38. The van der Waals surface area contributed by atoms with Gasteiger partial charge in [-0.15, -0.1) is 4.40 Å². The smallest absolute Gasteiger partial charge is 0.301 e. The van der Waals surface area contributed by atoms with Crippen LogP contribution >= 0.6 is 11.6 Å². The summed E-state index contributed by atoms with van der Waals surface area (Å²) >= 11 is 6.07. The Morgan fingerprint density at radius 3 is 2.55 bits per heavy atom. The van der Waals surface area contributed by atoms with Crippen LogP contribution in [0, 0.1) is 0 Å². The van der Waals surface area contributed by atoms with Gasteiger partial charge in [0.1, 0.15) is 10.9 Å². The van der Waals surface area contributed by atoms with Gasteiger partial charge in [-0.2, -0.15) is 0 Å². The number of halogens is 1. The summed E-state index contributed by atoms with van der Waals surface area (Å²) in [7, 11) is -3.82. The van der Waals surface area contributed by atoms with Crippen LogP contribution in [0.15, 0.2) is 59.0 Å². The van der Waals surface area contributed by atoms with Crippen LogP contribution in [0.3, 0.4) is 0 Å². The fourth-order valence-corrected chi connectivity index (χ4v) is 5.25. The van der Waals surface area contributed by atoms with E-state index in [1.807, 2.05) is 36.4 Å². The summed E-state index contributed by atoms with van der Waals surface area (Å²) in [6.07, 6.45) is 0.651. The van der Waals surface area contributed by atoms with Crippen molar-refractivity contribution < 1.29 is 18.3 Å². The van der Waals surface area contributed by atoms with E-state index in [0.717, 1.165) is 11.1 Å². The number of nitrogens with one attached hydrogen (secondary N) is 1. The van der Waals surface area contributed by atoms with Crippen molar-refractivity contribution in [3.05, 3.63) is 70.7 Å². The van der Waals surface area contributed by atoms with E-state index < -0.39 is 26.9 Å². The Balaban J connectivity index is 1.87. The van der Waals surface area contributed by atoms with Gasteiger partial charge in [0, 0.05) is 11.6 Å². The Labute approximate surface area is 176 Å². The van der Waals surface area contributed by atoms with Crippen LogP contribution in [0.2, 0.25) is 5.02 Å². The van der Waals surface area contributed by atoms with Crippen LogP contribution in [0.25, 0.3) is 0 Å². The highest BCUT2D eigenvalue weighted by Gasteiger charge is 2.46. The lowest BCUT2D eigenvalue weighted by atomic mass is 9.97. The van der Waals surface area contributed by atoms with Crippen molar-refractivity contribution in [2.45, 2.75) is 43.6 Å². The van der Waals surface area contributed by atoms with Gasteiger partial charge < -0.3 is 15.2 Å². The standard InChI is InChI=1S/C21H25ClN2O4S/c1-21(2)19(13-15-7-4-3-5-8-15)29(26,27)24-20(28-21)23-18(11-12-25)16-9-6-10-17(22)14-16/h3-10,14,18-19,25H,11-13H2,1-2H3,(H,23,24)/t18-,19?/m0/s1. The maximum Gasteiger partial charge on any atom is 0.301 e. The molecule has 6 nitrogen and oxygen atoms in total. The van der Waals surface area contributed by atoms with E-state index in [-0.39, 0.29) is 12.6 Å². The summed E-state index contributed by atoms with van der Waals surface area (Å²) in [5.41, 5.74) is 0.720. The van der Waals surface area contributed by atoms with E-state index in [2.05, 4.69) is 9.71 Å². The highest BCUT2D eigenvalue weighted by molar-refractivity contribution is 7.91. The van der Waals surface area contributed by atoms with E-state index in [0.29, 0.717) is 17.9 Å². The van der Waals surface area contributed by atoms with Gasteiger partial charge in [-0.25, -0.2) is 8.42 Å². The molecule has 1 aliphatic heterocycles. The molecule has 2 atom stereocenters. The number of benzene rings is 2. The fraction of sp³-hybridized carbons (Fsp3) is 0.381.